The minimum absolute atomic E-state index is 0.0137. The first-order valence-corrected chi connectivity index (χ1v) is 12.7. The van der Waals surface area contributed by atoms with E-state index in [-0.39, 0.29) is 17.6 Å². The van der Waals surface area contributed by atoms with Crippen molar-refractivity contribution in [1.29, 1.82) is 0 Å². The van der Waals surface area contributed by atoms with E-state index in [1.807, 2.05) is 46.8 Å². The minimum Gasteiger partial charge on any atom is -0.490 e. The molecule has 0 spiro atoms. The number of nitrogens with zero attached hydrogens (tertiary/aromatic N) is 3. The zero-order valence-electron chi connectivity index (χ0n) is 19.2. The van der Waals surface area contributed by atoms with Gasteiger partial charge in [0.15, 0.2) is 11.5 Å². The van der Waals surface area contributed by atoms with Gasteiger partial charge in [-0.2, -0.15) is 9.78 Å². The van der Waals surface area contributed by atoms with E-state index < -0.39 is 0 Å². The molecular weight excluding hydrogens is 574 g/mol. The molecule has 0 amide bonds. The first-order valence-electron chi connectivity index (χ1n) is 10.8. The molecule has 0 radical (unpaired) electrons. The second kappa shape index (κ2) is 11.0. The van der Waals surface area contributed by atoms with Crippen molar-refractivity contribution in [3.63, 3.8) is 0 Å². The van der Waals surface area contributed by atoms with Crippen molar-refractivity contribution in [2.45, 2.75) is 53.1 Å². The van der Waals surface area contributed by atoms with Gasteiger partial charge in [-0.1, -0.05) is 48.3 Å². The lowest BCUT2D eigenvalue weighted by atomic mass is 10.2. The smallest absolute Gasteiger partial charge is 0.282 e. The highest BCUT2D eigenvalue weighted by molar-refractivity contribution is 9.10. The molecule has 0 saturated carbocycles. The number of benzene rings is 2. The van der Waals surface area contributed by atoms with Crippen LogP contribution >= 0.6 is 43.5 Å². The number of rotatable bonds is 8. The van der Waals surface area contributed by atoms with Gasteiger partial charge in [-0.3, -0.25) is 4.79 Å². The van der Waals surface area contributed by atoms with Crippen LogP contribution in [0, 0.1) is 0 Å². The second-order valence-corrected chi connectivity index (χ2v) is 9.93. The van der Waals surface area contributed by atoms with Gasteiger partial charge in [0.25, 0.3) is 5.56 Å². The molecule has 1 heterocycles. The summed E-state index contributed by atoms with van der Waals surface area (Å²) in [4.78, 5) is 17.9. The van der Waals surface area contributed by atoms with Crippen LogP contribution < -0.4 is 15.0 Å². The fraction of sp³-hybridized carbons (Fsp3) is 0.375. The lowest BCUT2D eigenvalue weighted by molar-refractivity contribution is 0.203. The first-order chi connectivity index (χ1) is 15.7. The summed E-state index contributed by atoms with van der Waals surface area (Å²) in [5, 5.41) is 5.37. The molecule has 0 unspecified atom stereocenters. The highest BCUT2D eigenvalue weighted by Gasteiger charge is 2.19. The second-order valence-electron chi connectivity index (χ2n) is 7.84. The molecule has 176 valence electrons. The summed E-state index contributed by atoms with van der Waals surface area (Å²) in [6, 6.07) is 7.24. The van der Waals surface area contributed by atoms with Crippen molar-refractivity contribution in [3.05, 3.63) is 60.0 Å². The Labute approximate surface area is 215 Å². The van der Waals surface area contributed by atoms with E-state index >= 15 is 0 Å². The number of aromatic nitrogens is 2. The van der Waals surface area contributed by atoms with Crippen LogP contribution in [0.4, 0.5) is 0 Å². The molecule has 1 atom stereocenters. The quantitative estimate of drug-likeness (QED) is 0.258. The fourth-order valence-electron chi connectivity index (χ4n) is 3.13. The van der Waals surface area contributed by atoms with Crippen molar-refractivity contribution in [2.75, 3.05) is 6.61 Å². The van der Waals surface area contributed by atoms with Crippen LogP contribution in [0.15, 0.2) is 43.1 Å². The standard InChI is InChI=1S/C24H26Br2ClN3O3/c1-6-14(5)33-22-19(32-7-2)10-15(20(26)21(22)27)12-28-30-23(13(3)4)29-18-9-8-16(25)11-17(18)24(30)31/h8-14H,6-7H2,1-5H3/t14-/m0/s1. The summed E-state index contributed by atoms with van der Waals surface area (Å²) in [5.74, 6) is 1.55. The van der Waals surface area contributed by atoms with Gasteiger partial charge in [-0.25, -0.2) is 4.98 Å². The van der Waals surface area contributed by atoms with Crippen LogP contribution in [0.2, 0.25) is 5.02 Å². The Morgan fingerprint density at radius 2 is 1.94 bits per heavy atom. The predicted octanol–water partition coefficient (Wildman–Crippen LogP) is 7.16. The molecular formula is C24H26Br2ClN3O3. The Hall–Kier alpha value is -1.90. The van der Waals surface area contributed by atoms with E-state index in [0.29, 0.717) is 49.9 Å². The van der Waals surface area contributed by atoms with Crippen molar-refractivity contribution >= 4 is 60.6 Å². The lowest BCUT2D eigenvalue weighted by Gasteiger charge is -2.19. The summed E-state index contributed by atoms with van der Waals surface area (Å²) in [7, 11) is 0. The monoisotopic (exact) mass is 597 g/mol. The number of halogens is 3. The Morgan fingerprint density at radius 1 is 1.21 bits per heavy atom. The Bertz CT molecular complexity index is 1260. The lowest BCUT2D eigenvalue weighted by Crippen LogP contribution is -2.23. The number of fused-ring (bicyclic) bond motifs is 1. The summed E-state index contributed by atoms with van der Waals surface area (Å²) >= 11 is 13.6. The number of hydrogen-bond donors (Lipinski definition) is 0. The van der Waals surface area contributed by atoms with Gasteiger partial charge >= 0.3 is 0 Å². The molecule has 3 aromatic rings. The maximum atomic E-state index is 13.3. The molecule has 6 nitrogen and oxygen atoms in total. The Kier molecular flexibility index (Phi) is 8.59. The normalized spacial score (nSPS) is 12.6. The van der Waals surface area contributed by atoms with Crippen LogP contribution in [0.5, 0.6) is 11.5 Å². The van der Waals surface area contributed by atoms with Crippen LogP contribution in [0.25, 0.3) is 10.9 Å². The molecule has 33 heavy (non-hydrogen) atoms. The van der Waals surface area contributed by atoms with Crippen molar-refractivity contribution in [1.82, 2.24) is 9.66 Å². The Balaban J connectivity index is 2.15. The predicted molar refractivity (Wildman–Crippen MR) is 141 cm³/mol. The SMILES string of the molecule is CCOc1cc(C=Nn2c(C(C)C)nc3ccc(Br)cc3c2=O)c(Br)c(Cl)c1O[C@@H](C)CC. The van der Waals surface area contributed by atoms with Gasteiger partial charge in [-0.05, 0) is 60.5 Å². The third-order valence-corrected chi connectivity index (χ3v) is 6.95. The van der Waals surface area contributed by atoms with E-state index in [4.69, 9.17) is 21.1 Å². The zero-order valence-corrected chi connectivity index (χ0v) is 23.1. The van der Waals surface area contributed by atoms with Gasteiger partial charge in [0.2, 0.25) is 0 Å². The molecule has 0 N–H and O–H groups in total. The third kappa shape index (κ3) is 5.61. The van der Waals surface area contributed by atoms with Gasteiger partial charge in [-0.15, -0.1) is 0 Å². The summed E-state index contributed by atoms with van der Waals surface area (Å²) in [5.41, 5.74) is 1.04. The number of hydrogen-bond acceptors (Lipinski definition) is 5. The topological polar surface area (TPSA) is 65.7 Å². The molecule has 0 fully saturated rings. The Morgan fingerprint density at radius 3 is 2.58 bits per heavy atom. The molecule has 0 aliphatic rings. The van der Waals surface area contributed by atoms with Crippen molar-refractivity contribution < 1.29 is 9.47 Å². The molecule has 0 saturated heterocycles. The van der Waals surface area contributed by atoms with Crippen LogP contribution in [-0.4, -0.2) is 28.6 Å². The molecule has 0 aliphatic carbocycles. The van der Waals surface area contributed by atoms with Crippen LogP contribution in [0.1, 0.15) is 58.3 Å². The highest BCUT2D eigenvalue weighted by Crippen LogP contribution is 2.43. The van der Waals surface area contributed by atoms with Crippen molar-refractivity contribution in [2.24, 2.45) is 5.10 Å². The maximum absolute atomic E-state index is 13.3. The van der Waals surface area contributed by atoms with E-state index in [0.717, 1.165) is 10.9 Å². The van der Waals surface area contributed by atoms with Gasteiger partial charge in [0, 0.05) is 20.4 Å². The minimum atomic E-state index is -0.245. The summed E-state index contributed by atoms with van der Waals surface area (Å²) in [6.45, 7) is 10.3. The largest absolute Gasteiger partial charge is 0.490 e. The van der Waals surface area contributed by atoms with Gasteiger partial charge in [0.1, 0.15) is 10.8 Å². The average Bonchev–Trinajstić information content (AvgIpc) is 2.78. The first kappa shape index (κ1) is 25.7. The maximum Gasteiger partial charge on any atom is 0.282 e. The highest BCUT2D eigenvalue weighted by atomic mass is 79.9. The zero-order chi connectivity index (χ0) is 24.3. The number of ether oxygens (including phenoxy) is 2. The van der Waals surface area contributed by atoms with E-state index in [9.17, 15) is 4.79 Å². The molecule has 1 aromatic heterocycles. The average molecular weight is 600 g/mol. The van der Waals surface area contributed by atoms with Crippen LogP contribution in [0.3, 0.4) is 0 Å². The van der Waals surface area contributed by atoms with Gasteiger partial charge in [0.05, 0.1) is 29.8 Å². The summed E-state index contributed by atoms with van der Waals surface area (Å²) in [6.07, 6.45) is 2.38. The summed E-state index contributed by atoms with van der Waals surface area (Å²) < 4.78 is 14.5. The van der Waals surface area contributed by atoms with E-state index in [2.05, 4.69) is 41.9 Å². The van der Waals surface area contributed by atoms with E-state index in [1.54, 1.807) is 18.3 Å². The van der Waals surface area contributed by atoms with E-state index in [1.165, 1.54) is 4.68 Å². The van der Waals surface area contributed by atoms with Crippen molar-refractivity contribution in [3.8, 4) is 11.5 Å². The molecule has 2 aromatic carbocycles. The molecule has 0 aliphatic heterocycles. The third-order valence-electron chi connectivity index (χ3n) is 5.01. The fourth-order valence-corrected chi connectivity index (χ4v) is 4.13. The van der Waals surface area contributed by atoms with Gasteiger partial charge < -0.3 is 9.47 Å². The molecule has 9 heteroatoms. The molecule has 0 bridgehead atoms. The van der Waals surface area contributed by atoms with Crippen LogP contribution in [-0.2, 0) is 0 Å². The molecule has 3 rings (SSSR count).